The first-order valence-electron chi connectivity index (χ1n) is 8.66. The lowest BCUT2D eigenvalue weighted by atomic mass is 10.1. The van der Waals surface area contributed by atoms with Gasteiger partial charge in [-0.15, -0.1) is 10.2 Å². The van der Waals surface area contributed by atoms with Crippen molar-refractivity contribution in [1.82, 2.24) is 25.0 Å². The van der Waals surface area contributed by atoms with Gasteiger partial charge in [0.2, 0.25) is 0 Å². The molecule has 2 heterocycles. The second-order valence-electron chi connectivity index (χ2n) is 5.68. The number of H-pyrrole nitrogens is 1. The second kappa shape index (κ2) is 8.63. The number of aryl methyl sites for hydroxylation is 1. The summed E-state index contributed by atoms with van der Waals surface area (Å²) < 4.78 is 1.65. The first-order chi connectivity index (χ1) is 13.1. The number of nitrogens with zero attached hydrogens (tertiary/aromatic N) is 4. The van der Waals surface area contributed by atoms with Gasteiger partial charge in [-0.1, -0.05) is 43.8 Å². The van der Waals surface area contributed by atoms with E-state index in [9.17, 15) is 9.59 Å². The molecule has 0 aliphatic carbocycles. The van der Waals surface area contributed by atoms with Gasteiger partial charge in [0.15, 0.2) is 10.9 Å². The van der Waals surface area contributed by atoms with Crippen LogP contribution in [0.15, 0.2) is 46.5 Å². The number of para-hydroxylation sites is 1. The number of aromatic amines is 1. The highest BCUT2D eigenvalue weighted by Gasteiger charge is 2.16. The molecule has 2 aromatic heterocycles. The predicted molar refractivity (Wildman–Crippen MR) is 105 cm³/mol. The molecule has 27 heavy (non-hydrogen) atoms. The number of carbonyl (C=O) groups is 1. The first kappa shape index (κ1) is 18.8. The number of thioether (sulfide) groups is 1. The van der Waals surface area contributed by atoms with Crippen molar-refractivity contribution in [3.8, 4) is 11.3 Å². The Morgan fingerprint density at radius 2 is 2.04 bits per heavy atom. The molecule has 0 radical (unpaired) electrons. The van der Waals surface area contributed by atoms with E-state index in [1.165, 1.54) is 11.8 Å². The summed E-state index contributed by atoms with van der Waals surface area (Å²) in [7, 11) is 0. The zero-order valence-electron chi connectivity index (χ0n) is 15.1. The van der Waals surface area contributed by atoms with Crippen LogP contribution in [0.2, 0.25) is 0 Å². The van der Waals surface area contributed by atoms with Crippen LogP contribution in [0, 0.1) is 0 Å². The SMILES string of the molecule is CCCn1nccc1C(=O)Nc1ccccc1-c1nnc(SCC)[nH]c1=O. The van der Waals surface area contributed by atoms with Crippen molar-refractivity contribution in [3.63, 3.8) is 0 Å². The van der Waals surface area contributed by atoms with Gasteiger partial charge in [-0.25, -0.2) is 0 Å². The lowest BCUT2D eigenvalue weighted by molar-refractivity contribution is 0.101. The number of hydrogen-bond donors (Lipinski definition) is 2. The highest BCUT2D eigenvalue weighted by Crippen LogP contribution is 2.24. The lowest BCUT2D eigenvalue weighted by Gasteiger charge is -2.11. The summed E-state index contributed by atoms with van der Waals surface area (Å²) in [4.78, 5) is 27.8. The molecule has 0 aliphatic rings. The fraction of sp³-hybridized carbons (Fsp3) is 0.278. The van der Waals surface area contributed by atoms with E-state index in [0.717, 1.165) is 12.2 Å². The molecule has 0 atom stereocenters. The number of nitrogens with one attached hydrogen (secondary N) is 2. The van der Waals surface area contributed by atoms with Crippen molar-refractivity contribution in [2.24, 2.45) is 0 Å². The van der Waals surface area contributed by atoms with Crippen molar-refractivity contribution in [3.05, 3.63) is 52.6 Å². The quantitative estimate of drug-likeness (QED) is 0.607. The molecular weight excluding hydrogens is 364 g/mol. The molecule has 0 saturated carbocycles. The minimum atomic E-state index is -0.348. The molecule has 3 aromatic rings. The summed E-state index contributed by atoms with van der Waals surface area (Å²) in [6.45, 7) is 4.63. The summed E-state index contributed by atoms with van der Waals surface area (Å²) in [6.07, 6.45) is 2.46. The number of rotatable bonds is 7. The average Bonchev–Trinajstić information content (AvgIpc) is 3.12. The van der Waals surface area contributed by atoms with Gasteiger partial charge in [-0.05, 0) is 24.3 Å². The summed E-state index contributed by atoms with van der Waals surface area (Å²) in [5, 5.41) is 15.6. The maximum Gasteiger partial charge on any atom is 0.278 e. The van der Waals surface area contributed by atoms with Crippen LogP contribution in [-0.2, 0) is 6.54 Å². The molecule has 0 unspecified atom stereocenters. The van der Waals surface area contributed by atoms with E-state index in [1.54, 1.807) is 41.2 Å². The number of hydrogen-bond acceptors (Lipinski definition) is 6. The summed E-state index contributed by atoms with van der Waals surface area (Å²) in [6, 6.07) is 8.68. The Morgan fingerprint density at radius 1 is 1.22 bits per heavy atom. The van der Waals surface area contributed by atoms with Crippen molar-refractivity contribution >= 4 is 23.4 Å². The molecule has 0 saturated heterocycles. The predicted octanol–water partition coefficient (Wildman–Crippen LogP) is 2.80. The molecule has 0 fully saturated rings. The smallest absolute Gasteiger partial charge is 0.278 e. The molecule has 8 nitrogen and oxygen atoms in total. The molecule has 0 bridgehead atoms. The normalized spacial score (nSPS) is 10.7. The van der Waals surface area contributed by atoms with E-state index in [1.807, 2.05) is 13.8 Å². The lowest BCUT2D eigenvalue weighted by Crippen LogP contribution is -2.19. The third-order valence-corrected chi connectivity index (χ3v) is 4.52. The van der Waals surface area contributed by atoms with Crippen LogP contribution in [-0.4, -0.2) is 36.6 Å². The zero-order valence-corrected chi connectivity index (χ0v) is 15.9. The van der Waals surface area contributed by atoms with E-state index >= 15 is 0 Å². The number of anilines is 1. The molecular formula is C18H20N6O2S. The maximum absolute atomic E-state index is 12.7. The Morgan fingerprint density at radius 3 is 2.78 bits per heavy atom. The van der Waals surface area contributed by atoms with Gasteiger partial charge in [0, 0.05) is 18.3 Å². The molecule has 2 N–H and O–H groups in total. The fourth-order valence-electron chi connectivity index (χ4n) is 2.60. The number of amides is 1. The van der Waals surface area contributed by atoms with E-state index in [4.69, 9.17) is 0 Å². The van der Waals surface area contributed by atoms with Crippen molar-refractivity contribution < 1.29 is 4.79 Å². The van der Waals surface area contributed by atoms with E-state index in [0.29, 0.717) is 28.6 Å². The van der Waals surface area contributed by atoms with E-state index < -0.39 is 0 Å². The van der Waals surface area contributed by atoms with Crippen LogP contribution in [0.4, 0.5) is 5.69 Å². The van der Waals surface area contributed by atoms with Crippen molar-refractivity contribution in [2.75, 3.05) is 11.1 Å². The Kier molecular flexibility index (Phi) is 6.02. The van der Waals surface area contributed by atoms with Crippen LogP contribution < -0.4 is 10.9 Å². The van der Waals surface area contributed by atoms with E-state index in [2.05, 4.69) is 25.6 Å². The Hall–Kier alpha value is -2.94. The van der Waals surface area contributed by atoms with Crippen LogP contribution in [0.25, 0.3) is 11.3 Å². The van der Waals surface area contributed by atoms with Gasteiger partial charge < -0.3 is 5.32 Å². The first-order valence-corrected chi connectivity index (χ1v) is 9.65. The van der Waals surface area contributed by atoms with Gasteiger partial charge in [-0.3, -0.25) is 19.3 Å². The molecule has 0 aliphatic heterocycles. The second-order valence-corrected chi connectivity index (χ2v) is 6.93. The number of carbonyl (C=O) groups excluding carboxylic acids is 1. The number of benzene rings is 1. The third kappa shape index (κ3) is 4.25. The van der Waals surface area contributed by atoms with Gasteiger partial charge in [0.05, 0.1) is 5.69 Å². The van der Waals surface area contributed by atoms with Gasteiger partial charge >= 0.3 is 0 Å². The minimum absolute atomic E-state index is 0.161. The average molecular weight is 384 g/mol. The summed E-state index contributed by atoms with van der Waals surface area (Å²) in [5.74, 6) is 0.484. The highest BCUT2D eigenvalue weighted by atomic mass is 32.2. The van der Waals surface area contributed by atoms with E-state index in [-0.39, 0.29) is 17.2 Å². The topological polar surface area (TPSA) is 106 Å². The van der Waals surface area contributed by atoms with Gasteiger partial charge in [-0.2, -0.15) is 5.10 Å². The summed E-state index contributed by atoms with van der Waals surface area (Å²) >= 11 is 1.40. The number of aromatic nitrogens is 5. The van der Waals surface area contributed by atoms with Gasteiger partial charge in [0.1, 0.15) is 5.69 Å². The molecule has 3 rings (SSSR count). The van der Waals surface area contributed by atoms with Crippen LogP contribution in [0.1, 0.15) is 30.8 Å². The Bertz CT molecular complexity index is 997. The van der Waals surface area contributed by atoms with Crippen LogP contribution in [0.5, 0.6) is 0 Å². The Balaban J connectivity index is 1.92. The monoisotopic (exact) mass is 384 g/mol. The maximum atomic E-state index is 12.7. The molecule has 140 valence electrons. The third-order valence-electron chi connectivity index (χ3n) is 3.77. The van der Waals surface area contributed by atoms with Gasteiger partial charge in [0.25, 0.3) is 11.5 Å². The highest BCUT2D eigenvalue weighted by molar-refractivity contribution is 7.99. The standard InChI is InChI=1S/C18H20N6O2S/c1-3-11-24-14(9-10-19-24)16(25)20-13-8-6-5-7-12(13)15-17(26)21-18(23-22-15)27-4-2/h5-10H,3-4,11H2,1-2H3,(H,20,25)(H,21,23,26). The molecule has 0 spiro atoms. The van der Waals surface area contributed by atoms with Crippen molar-refractivity contribution in [2.45, 2.75) is 32.0 Å². The summed E-state index contributed by atoms with van der Waals surface area (Å²) in [5.41, 5.74) is 1.27. The fourth-order valence-corrected chi connectivity index (χ4v) is 3.14. The van der Waals surface area contributed by atoms with Crippen molar-refractivity contribution in [1.29, 1.82) is 0 Å². The molecule has 1 amide bonds. The largest absolute Gasteiger partial charge is 0.320 e. The minimum Gasteiger partial charge on any atom is -0.320 e. The molecule has 1 aromatic carbocycles. The zero-order chi connectivity index (χ0) is 19.2. The Labute approximate surface area is 160 Å². The molecule has 9 heteroatoms. The van der Waals surface area contributed by atoms with Crippen LogP contribution >= 0.6 is 11.8 Å². The van der Waals surface area contributed by atoms with Crippen LogP contribution in [0.3, 0.4) is 0 Å².